The van der Waals surface area contributed by atoms with Gasteiger partial charge in [0, 0.05) is 53.4 Å². The van der Waals surface area contributed by atoms with E-state index >= 15 is 0 Å². The van der Waals surface area contributed by atoms with E-state index in [2.05, 4.69) is 25.3 Å². The first-order valence-electron chi connectivity index (χ1n) is 10.0. The highest BCUT2D eigenvalue weighted by Gasteiger charge is 2.12. The summed E-state index contributed by atoms with van der Waals surface area (Å²) < 4.78 is 5.43. The number of anilines is 1. The Labute approximate surface area is 184 Å². The molecule has 0 radical (unpaired) electrons. The third-order valence-electron chi connectivity index (χ3n) is 4.97. The number of benzene rings is 1. The van der Waals surface area contributed by atoms with Gasteiger partial charge in [0.2, 0.25) is 5.88 Å². The van der Waals surface area contributed by atoms with Gasteiger partial charge in [0.25, 0.3) is 0 Å². The van der Waals surface area contributed by atoms with E-state index in [9.17, 15) is 0 Å². The molecule has 0 bridgehead atoms. The summed E-state index contributed by atoms with van der Waals surface area (Å²) in [6, 6.07) is 13.8. The van der Waals surface area contributed by atoms with Crippen LogP contribution in [0.4, 0.5) is 5.82 Å². The Kier molecular flexibility index (Phi) is 5.32. The van der Waals surface area contributed by atoms with E-state index in [-0.39, 0.29) is 0 Å². The molecule has 5 rings (SSSR count). The van der Waals surface area contributed by atoms with Gasteiger partial charge in [-0.05, 0) is 29.8 Å². The molecule has 0 spiro atoms. The van der Waals surface area contributed by atoms with Gasteiger partial charge in [-0.2, -0.15) is 0 Å². The topological polar surface area (TPSA) is 98.6 Å². The number of fused-ring (bicyclic) bond motifs is 1. The Morgan fingerprint density at radius 2 is 1.75 bits per heavy atom. The summed E-state index contributed by atoms with van der Waals surface area (Å²) in [7, 11) is 1.62. The van der Waals surface area contributed by atoms with Crippen LogP contribution in [0.2, 0.25) is 0 Å². The molecule has 0 aliphatic rings. The maximum atomic E-state index is 5.43. The predicted octanol–water partition coefficient (Wildman–Crippen LogP) is 4.16. The van der Waals surface area contributed by atoms with E-state index in [1.54, 1.807) is 38.1 Å². The van der Waals surface area contributed by atoms with Crippen molar-refractivity contribution in [3.8, 4) is 28.4 Å². The van der Waals surface area contributed by atoms with E-state index in [0.717, 1.165) is 39.0 Å². The second-order valence-electron chi connectivity index (χ2n) is 7.03. The highest BCUT2D eigenvalue weighted by molar-refractivity contribution is 5.90. The Morgan fingerprint density at radius 3 is 2.62 bits per heavy atom. The lowest BCUT2D eigenvalue weighted by Crippen LogP contribution is -2.05. The molecule has 5 aromatic rings. The number of ether oxygens (including phenoxy) is 1. The van der Waals surface area contributed by atoms with Gasteiger partial charge in [0.15, 0.2) is 5.82 Å². The highest BCUT2D eigenvalue weighted by atomic mass is 16.5. The number of hydrogen-bond donors (Lipinski definition) is 1. The van der Waals surface area contributed by atoms with Crippen LogP contribution in [0.3, 0.4) is 0 Å². The van der Waals surface area contributed by atoms with Gasteiger partial charge in [-0.15, -0.1) is 0 Å². The summed E-state index contributed by atoms with van der Waals surface area (Å²) in [5.74, 6) is 1.89. The molecule has 1 N–H and O–H groups in total. The number of rotatable bonds is 6. The Hall–Kier alpha value is -4.46. The summed E-state index contributed by atoms with van der Waals surface area (Å²) in [6.45, 7) is 0.543. The van der Waals surface area contributed by atoms with Crippen molar-refractivity contribution in [3.05, 3.63) is 85.3 Å². The lowest BCUT2D eigenvalue weighted by molar-refractivity contribution is 0.399. The van der Waals surface area contributed by atoms with Crippen LogP contribution >= 0.6 is 0 Å². The zero-order valence-electron chi connectivity index (χ0n) is 17.3. The first kappa shape index (κ1) is 19.5. The molecule has 156 valence electrons. The Balaban J connectivity index is 1.56. The van der Waals surface area contributed by atoms with Crippen molar-refractivity contribution in [2.24, 2.45) is 0 Å². The monoisotopic (exact) mass is 421 g/mol. The average Bonchev–Trinajstić information content (AvgIpc) is 2.87. The molecule has 8 nitrogen and oxygen atoms in total. The third kappa shape index (κ3) is 3.93. The minimum atomic E-state index is 0.543. The van der Waals surface area contributed by atoms with E-state index in [0.29, 0.717) is 18.2 Å². The first-order valence-corrected chi connectivity index (χ1v) is 10.0. The van der Waals surface area contributed by atoms with E-state index in [1.165, 1.54) is 6.33 Å². The van der Waals surface area contributed by atoms with Crippen LogP contribution in [-0.4, -0.2) is 37.0 Å². The molecule has 0 aliphatic heterocycles. The summed E-state index contributed by atoms with van der Waals surface area (Å²) in [6.07, 6.45) is 10.2. The molecule has 32 heavy (non-hydrogen) atoms. The second kappa shape index (κ2) is 8.73. The summed E-state index contributed by atoms with van der Waals surface area (Å²) >= 11 is 0. The van der Waals surface area contributed by atoms with Crippen molar-refractivity contribution < 1.29 is 4.74 Å². The van der Waals surface area contributed by atoms with Crippen LogP contribution in [0.15, 0.2) is 79.8 Å². The Morgan fingerprint density at radius 1 is 0.875 bits per heavy atom. The molecule has 0 unspecified atom stereocenters. The molecule has 0 saturated heterocycles. The van der Waals surface area contributed by atoms with Gasteiger partial charge in [-0.25, -0.2) is 24.9 Å². The molecule has 4 heterocycles. The van der Waals surface area contributed by atoms with E-state index < -0.39 is 0 Å². The smallest absolute Gasteiger partial charge is 0.221 e. The van der Waals surface area contributed by atoms with Crippen LogP contribution in [-0.2, 0) is 6.54 Å². The number of pyridine rings is 2. The fourth-order valence-electron chi connectivity index (χ4n) is 3.45. The standard InChI is InChI=1S/C24H19N7O/c1-32-24-19(6-3-8-28-24)17-4-2-5-18(10-17)22-30-21-14-25-9-7-20(21)23(31-22)29-13-16-11-26-15-27-12-16/h2-12,14-15H,13H2,1H3,(H,29,30,31). The van der Waals surface area contributed by atoms with Crippen LogP contribution < -0.4 is 10.1 Å². The van der Waals surface area contributed by atoms with Gasteiger partial charge in [0.1, 0.15) is 12.1 Å². The van der Waals surface area contributed by atoms with Crippen molar-refractivity contribution in [1.82, 2.24) is 29.9 Å². The van der Waals surface area contributed by atoms with Gasteiger partial charge >= 0.3 is 0 Å². The number of hydrogen-bond acceptors (Lipinski definition) is 8. The lowest BCUT2D eigenvalue weighted by Gasteiger charge is -2.12. The van der Waals surface area contributed by atoms with Crippen molar-refractivity contribution >= 4 is 16.7 Å². The zero-order valence-corrected chi connectivity index (χ0v) is 17.3. The zero-order chi connectivity index (χ0) is 21.8. The van der Waals surface area contributed by atoms with Gasteiger partial charge in [-0.3, -0.25) is 4.98 Å². The minimum Gasteiger partial charge on any atom is -0.481 e. The van der Waals surface area contributed by atoms with Gasteiger partial charge in [0.05, 0.1) is 18.8 Å². The molecule has 0 saturated carbocycles. The average molecular weight is 421 g/mol. The maximum Gasteiger partial charge on any atom is 0.221 e. The number of aromatic nitrogens is 6. The molecule has 0 amide bonds. The molecule has 0 aliphatic carbocycles. The van der Waals surface area contributed by atoms with Crippen LogP contribution in [0.5, 0.6) is 5.88 Å². The second-order valence-corrected chi connectivity index (χ2v) is 7.03. The quantitative estimate of drug-likeness (QED) is 0.436. The fraction of sp³-hybridized carbons (Fsp3) is 0.0833. The first-order chi connectivity index (χ1) is 15.8. The van der Waals surface area contributed by atoms with Gasteiger partial charge < -0.3 is 10.1 Å². The molecule has 4 aromatic heterocycles. The number of nitrogens with one attached hydrogen (secondary N) is 1. The number of nitrogens with zero attached hydrogens (tertiary/aromatic N) is 6. The third-order valence-corrected chi connectivity index (χ3v) is 4.97. The molecular formula is C24H19N7O. The van der Waals surface area contributed by atoms with E-state index in [1.807, 2.05) is 42.5 Å². The molecule has 8 heteroatoms. The normalized spacial score (nSPS) is 10.8. The highest BCUT2D eigenvalue weighted by Crippen LogP contribution is 2.31. The molecule has 0 atom stereocenters. The van der Waals surface area contributed by atoms with Crippen molar-refractivity contribution in [2.75, 3.05) is 12.4 Å². The summed E-state index contributed by atoms with van der Waals surface area (Å²) in [5, 5.41) is 4.28. The largest absolute Gasteiger partial charge is 0.481 e. The Bertz CT molecular complexity index is 1380. The maximum absolute atomic E-state index is 5.43. The van der Waals surface area contributed by atoms with E-state index in [4.69, 9.17) is 14.7 Å². The summed E-state index contributed by atoms with van der Waals surface area (Å²) in [4.78, 5) is 26.2. The minimum absolute atomic E-state index is 0.543. The predicted molar refractivity (Wildman–Crippen MR) is 122 cm³/mol. The SMILES string of the molecule is COc1ncccc1-c1cccc(-c2nc(NCc3cncnc3)c3ccncc3n2)c1. The molecule has 1 aromatic carbocycles. The molecular weight excluding hydrogens is 402 g/mol. The van der Waals surface area contributed by atoms with Gasteiger partial charge in [-0.1, -0.05) is 18.2 Å². The van der Waals surface area contributed by atoms with Crippen LogP contribution in [0.1, 0.15) is 5.56 Å². The summed E-state index contributed by atoms with van der Waals surface area (Å²) in [5.41, 5.74) is 4.47. The van der Waals surface area contributed by atoms with Crippen LogP contribution in [0, 0.1) is 0 Å². The molecule has 0 fully saturated rings. The van der Waals surface area contributed by atoms with Crippen molar-refractivity contribution in [1.29, 1.82) is 0 Å². The van der Waals surface area contributed by atoms with Crippen molar-refractivity contribution in [3.63, 3.8) is 0 Å². The fourth-order valence-corrected chi connectivity index (χ4v) is 3.45. The number of methoxy groups -OCH3 is 1. The van der Waals surface area contributed by atoms with Crippen molar-refractivity contribution in [2.45, 2.75) is 6.54 Å². The lowest BCUT2D eigenvalue weighted by atomic mass is 10.0. The van der Waals surface area contributed by atoms with Crippen LogP contribution in [0.25, 0.3) is 33.4 Å².